The Morgan fingerprint density at radius 2 is 2.26 bits per heavy atom. The van der Waals surface area contributed by atoms with Crippen LogP contribution in [0.2, 0.25) is 4.34 Å². The van der Waals surface area contributed by atoms with Crippen molar-refractivity contribution in [1.82, 2.24) is 14.8 Å². The van der Waals surface area contributed by atoms with Gasteiger partial charge in [0.2, 0.25) is 0 Å². The molecule has 0 fully saturated rings. The number of halogens is 3. The number of aromatic nitrogens is 3. The van der Waals surface area contributed by atoms with Gasteiger partial charge in [-0.1, -0.05) is 11.6 Å². The van der Waals surface area contributed by atoms with Crippen LogP contribution in [0, 0.1) is 0 Å². The molecule has 0 atom stereocenters. The zero-order chi connectivity index (χ0) is 14.2. The van der Waals surface area contributed by atoms with E-state index >= 15 is 0 Å². The molecule has 0 aliphatic carbocycles. The first-order valence-electron chi connectivity index (χ1n) is 5.00. The summed E-state index contributed by atoms with van der Waals surface area (Å²) in [5, 5.41) is 4.10. The number of ether oxygens (including phenoxy) is 1. The molecule has 0 saturated carbocycles. The summed E-state index contributed by atoms with van der Waals surface area (Å²) in [7, 11) is 2.76. The van der Waals surface area contributed by atoms with Gasteiger partial charge in [0.15, 0.2) is 5.69 Å². The van der Waals surface area contributed by atoms with Gasteiger partial charge in [0, 0.05) is 7.05 Å². The summed E-state index contributed by atoms with van der Waals surface area (Å²) in [6.45, 7) is 0. The number of methoxy groups -OCH3 is 1. The van der Waals surface area contributed by atoms with Crippen molar-refractivity contribution in [2.45, 2.75) is 6.43 Å². The number of carbonyl (C=O) groups is 1. The molecule has 102 valence electrons. The van der Waals surface area contributed by atoms with E-state index in [1.165, 1.54) is 18.0 Å². The number of aryl methyl sites for hydroxylation is 1. The molecule has 0 bridgehead atoms. The smallest absolute Gasteiger partial charge is 0.357 e. The SMILES string of the molecule is COC(=O)c1c(-c2nc(C(F)F)c(Cl)s2)cnn1C. The molecule has 19 heavy (non-hydrogen) atoms. The van der Waals surface area contributed by atoms with Crippen molar-refractivity contribution in [1.29, 1.82) is 0 Å². The highest BCUT2D eigenvalue weighted by molar-refractivity contribution is 7.19. The Hall–Kier alpha value is -1.54. The molecule has 2 aromatic heterocycles. The zero-order valence-corrected chi connectivity index (χ0v) is 11.4. The second-order valence-corrected chi connectivity index (χ2v) is 5.10. The highest BCUT2D eigenvalue weighted by Crippen LogP contribution is 2.37. The summed E-state index contributed by atoms with van der Waals surface area (Å²) in [5.41, 5.74) is -0.0526. The molecule has 0 aliphatic rings. The van der Waals surface area contributed by atoms with Crippen LogP contribution in [0.25, 0.3) is 10.6 Å². The van der Waals surface area contributed by atoms with Gasteiger partial charge in [-0.05, 0) is 0 Å². The van der Waals surface area contributed by atoms with Gasteiger partial charge in [0.05, 0.1) is 18.9 Å². The maximum absolute atomic E-state index is 12.6. The first kappa shape index (κ1) is 13.9. The number of carbonyl (C=O) groups excluding carboxylic acids is 1. The van der Waals surface area contributed by atoms with Crippen LogP contribution in [-0.4, -0.2) is 27.8 Å². The molecular weight excluding hydrogens is 300 g/mol. The first-order chi connectivity index (χ1) is 8.95. The van der Waals surface area contributed by atoms with Crippen LogP contribution in [0.4, 0.5) is 8.78 Å². The molecule has 9 heteroatoms. The average molecular weight is 308 g/mol. The van der Waals surface area contributed by atoms with Gasteiger partial charge in [-0.2, -0.15) is 5.10 Å². The van der Waals surface area contributed by atoms with Crippen LogP contribution in [0.3, 0.4) is 0 Å². The van der Waals surface area contributed by atoms with Crippen LogP contribution in [-0.2, 0) is 11.8 Å². The monoisotopic (exact) mass is 307 g/mol. The fourth-order valence-electron chi connectivity index (χ4n) is 1.50. The Labute approximate surface area is 115 Å². The Morgan fingerprint density at radius 3 is 2.79 bits per heavy atom. The number of rotatable bonds is 3. The molecule has 0 spiro atoms. The Balaban J connectivity index is 2.54. The molecule has 0 radical (unpaired) electrons. The lowest BCUT2D eigenvalue weighted by molar-refractivity contribution is 0.0589. The quantitative estimate of drug-likeness (QED) is 0.818. The summed E-state index contributed by atoms with van der Waals surface area (Å²) in [6.07, 6.45) is -1.41. The van der Waals surface area contributed by atoms with Crippen molar-refractivity contribution in [2.75, 3.05) is 7.11 Å². The van der Waals surface area contributed by atoms with Crippen molar-refractivity contribution in [3.8, 4) is 10.6 Å². The topological polar surface area (TPSA) is 57.0 Å². The Kier molecular flexibility index (Phi) is 3.81. The molecule has 0 N–H and O–H groups in total. The first-order valence-corrected chi connectivity index (χ1v) is 6.20. The number of thiazole rings is 1. The lowest BCUT2D eigenvalue weighted by Crippen LogP contribution is -2.09. The second-order valence-electron chi connectivity index (χ2n) is 3.50. The van der Waals surface area contributed by atoms with Gasteiger partial charge in [-0.25, -0.2) is 18.6 Å². The molecule has 5 nitrogen and oxygen atoms in total. The van der Waals surface area contributed by atoms with Gasteiger partial charge in [-0.15, -0.1) is 11.3 Å². The largest absolute Gasteiger partial charge is 0.464 e. The third-order valence-electron chi connectivity index (χ3n) is 2.36. The standard InChI is InChI=1S/C10H8ClF2N3O2S/c1-16-6(10(17)18-2)4(3-14-16)9-15-5(8(12)13)7(11)19-9/h3,8H,1-2H3. The highest BCUT2D eigenvalue weighted by Gasteiger charge is 2.24. The number of hydrogen-bond donors (Lipinski definition) is 0. The van der Waals surface area contributed by atoms with Crippen LogP contribution in [0.1, 0.15) is 22.6 Å². The predicted molar refractivity (Wildman–Crippen MR) is 65.6 cm³/mol. The normalized spacial score (nSPS) is 11.1. The number of nitrogens with zero attached hydrogens (tertiary/aromatic N) is 3. The van der Waals surface area contributed by atoms with Crippen LogP contribution >= 0.6 is 22.9 Å². The van der Waals surface area contributed by atoms with Gasteiger partial charge in [0.25, 0.3) is 6.43 Å². The Bertz CT molecular complexity index is 626. The molecule has 0 amide bonds. The van der Waals surface area contributed by atoms with E-state index in [1.807, 2.05) is 0 Å². The van der Waals surface area contributed by atoms with Gasteiger partial charge in [0.1, 0.15) is 15.0 Å². The van der Waals surface area contributed by atoms with Crippen LogP contribution in [0.15, 0.2) is 6.20 Å². The Morgan fingerprint density at radius 1 is 1.58 bits per heavy atom. The van der Waals surface area contributed by atoms with Crippen molar-refractivity contribution >= 4 is 28.9 Å². The van der Waals surface area contributed by atoms with E-state index in [9.17, 15) is 13.6 Å². The average Bonchev–Trinajstić information content (AvgIpc) is 2.91. The second kappa shape index (κ2) is 5.22. The minimum absolute atomic E-state index is 0.107. The third kappa shape index (κ3) is 2.45. The van der Waals surface area contributed by atoms with E-state index in [2.05, 4.69) is 14.8 Å². The molecule has 0 aliphatic heterocycles. The number of esters is 1. The fourth-order valence-corrected chi connectivity index (χ4v) is 2.65. The molecule has 2 aromatic rings. The molecule has 2 rings (SSSR count). The van der Waals surface area contributed by atoms with Crippen molar-refractivity contribution < 1.29 is 18.3 Å². The maximum atomic E-state index is 12.6. The highest BCUT2D eigenvalue weighted by atomic mass is 35.5. The van der Waals surface area contributed by atoms with E-state index in [1.54, 1.807) is 7.05 Å². The van der Waals surface area contributed by atoms with E-state index in [4.69, 9.17) is 11.6 Å². The third-order valence-corrected chi connectivity index (χ3v) is 3.68. The summed E-state index contributed by atoms with van der Waals surface area (Å²) >= 11 is 6.56. The molecule has 0 aromatic carbocycles. The van der Waals surface area contributed by atoms with Crippen molar-refractivity contribution in [3.63, 3.8) is 0 Å². The fraction of sp³-hybridized carbons (Fsp3) is 0.300. The predicted octanol–water partition coefficient (Wildman–Crippen LogP) is 2.92. The van der Waals surface area contributed by atoms with Crippen molar-refractivity contribution in [3.05, 3.63) is 21.9 Å². The minimum Gasteiger partial charge on any atom is -0.464 e. The summed E-state index contributed by atoms with van der Waals surface area (Å²) in [6, 6.07) is 0. The van der Waals surface area contributed by atoms with Gasteiger partial charge >= 0.3 is 5.97 Å². The summed E-state index contributed by atoms with van der Waals surface area (Å²) in [4.78, 5) is 15.4. The summed E-state index contributed by atoms with van der Waals surface area (Å²) < 4.78 is 31.1. The lowest BCUT2D eigenvalue weighted by Gasteiger charge is -2.01. The number of alkyl halides is 2. The zero-order valence-electron chi connectivity index (χ0n) is 9.85. The van der Waals surface area contributed by atoms with E-state index in [0.29, 0.717) is 5.56 Å². The van der Waals surface area contributed by atoms with Crippen LogP contribution < -0.4 is 0 Å². The lowest BCUT2D eigenvalue weighted by atomic mass is 10.2. The van der Waals surface area contributed by atoms with Gasteiger partial charge < -0.3 is 4.74 Å². The molecular formula is C10H8ClF2N3O2S. The molecule has 0 unspecified atom stereocenters. The maximum Gasteiger partial charge on any atom is 0.357 e. The van der Waals surface area contributed by atoms with E-state index < -0.39 is 18.1 Å². The van der Waals surface area contributed by atoms with Crippen molar-refractivity contribution in [2.24, 2.45) is 7.05 Å². The summed E-state index contributed by atoms with van der Waals surface area (Å²) in [5.74, 6) is -0.625. The molecule has 2 heterocycles. The van der Waals surface area contributed by atoms with E-state index in [0.717, 1.165) is 11.3 Å². The van der Waals surface area contributed by atoms with Crippen LogP contribution in [0.5, 0.6) is 0 Å². The van der Waals surface area contributed by atoms with E-state index in [-0.39, 0.29) is 15.0 Å². The number of hydrogen-bond acceptors (Lipinski definition) is 5. The minimum atomic E-state index is -2.77. The van der Waals surface area contributed by atoms with Gasteiger partial charge in [-0.3, -0.25) is 4.68 Å². The molecule has 0 saturated heterocycles.